The Morgan fingerprint density at radius 1 is 0.850 bits per heavy atom. The molecule has 1 heterocycles. The van der Waals surface area contributed by atoms with Gasteiger partial charge in [-0.25, -0.2) is 9.97 Å². The van der Waals surface area contributed by atoms with Gasteiger partial charge in [0.05, 0.1) is 5.69 Å². The fraction of sp³-hybridized carbons (Fsp3) is 0.0588. The highest BCUT2D eigenvalue weighted by Gasteiger charge is 2.08. The van der Waals surface area contributed by atoms with Crippen LogP contribution in [0.25, 0.3) is 22.6 Å². The highest BCUT2D eigenvalue weighted by atomic mass is 14.9. The lowest BCUT2D eigenvalue weighted by Crippen LogP contribution is -1.98. The summed E-state index contributed by atoms with van der Waals surface area (Å²) in [4.78, 5) is 8.97. The predicted octanol–water partition coefficient (Wildman–Crippen LogP) is 3.70. The molecule has 2 N–H and O–H groups in total. The van der Waals surface area contributed by atoms with Crippen molar-refractivity contribution in [2.75, 3.05) is 5.73 Å². The van der Waals surface area contributed by atoms with Crippen molar-refractivity contribution < 1.29 is 0 Å². The maximum atomic E-state index is 5.93. The van der Waals surface area contributed by atoms with Gasteiger partial charge in [-0.15, -0.1) is 0 Å². The van der Waals surface area contributed by atoms with E-state index in [9.17, 15) is 0 Å². The van der Waals surface area contributed by atoms with Gasteiger partial charge in [-0.3, -0.25) is 0 Å². The summed E-state index contributed by atoms with van der Waals surface area (Å²) in [7, 11) is 0. The first-order valence-electron chi connectivity index (χ1n) is 6.50. The van der Waals surface area contributed by atoms with Crippen LogP contribution < -0.4 is 5.73 Å². The summed E-state index contributed by atoms with van der Waals surface area (Å²) < 4.78 is 0. The van der Waals surface area contributed by atoms with E-state index in [4.69, 9.17) is 5.73 Å². The molecule has 2 aromatic carbocycles. The van der Waals surface area contributed by atoms with Crippen LogP contribution in [0.5, 0.6) is 0 Å². The van der Waals surface area contributed by atoms with Crippen molar-refractivity contribution >= 4 is 5.82 Å². The number of aryl methyl sites for hydroxylation is 1. The van der Waals surface area contributed by atoms with Gasteiger partial charge in [-0.2, -0.15) is 0 Å². The molecule has 0 bridgehead atoms. The van der Waals surface area contributed by atoms with Gasteiger partial charge in [0.25, 0.3) is 0 Å². The van der Waals surface area contributed by atoms with Crippen LogP contribution in [0.15, 0.2) is 60.7 Å². The quantitative estimate of drug-likeness (QED) is 0.765. The average Bonchev–Trinajstić information content (AvgIpc) is 2.48. The van der Waals surface area contributed by atoms with E-state index in [1.54, 1.807) is 0 Å². The van der Waals surface area contributed by atoms with Crippen LogP contribution in [-0.2, 0) is 0 Å². The highest BCUT2D eigenvalue weighted by molar-refractivity contribution is 5.69. The molecule has 0 amide bonds. The second-order valence-corrected chi connectivity index (χ2v) is 4.68. The average molecular weight is 261 g/mol. The van der Waals surface area contributed by atoms with Crippen LogP contribution >= 0.6 is 0 Å². The number of rotatable bonds is 2. The topological polar surface area (TPSA) is 51.8 Å². The smallest absolute Gasteiger partial charge is 0.162 e. The summed E-state index contributed by atoms with van der Waals surface area (Å²) in [6.07, 6.45) is 0. The number of nitrogens with two attached hydrogens (primary N) is 1. The van der Waals surface area contributed by atoms with Gasteiger partial charge in [0.2, 0.25) is 0 Å². The lowest BCUT2D eigenvalue weighted by Gasteiger charge is -2.08. The molecule has 0 unspecified atom stereocenters. The van der Waals surface area contributed by atoms with Crippen LogP contribution in [-0.4, -0.2) is 9.97 Å². The molecular weight excluding hydrogens is 246 g/mol. The van der Waals surface area contributed by atoms with Crippen molar-refractivity contribution in [1.29, 1.82) is 0 Å². The largest absolute Gasteiger partial charge is 0.384 e. The van der Waals surface area contributed by atoms with Crippen LogP contribution in [0.1, 0.15) is 5.56 Å². The molecule has 1 aromatic heterocycles. The first kappa shape index (κ1) is 12.4. The first-order valence-corrected chi connectivity index (χ1v) is 6.50. The number of anilines is 1. The molecule has 0 aliphatic heterocycles. The second kappa shape index (κ2) is 5.13. The normalized spacial score (nSPS) is 10.4. The fourth-order valence-electron chi connectivity index (χ4n) is 2.18. The zero-order valence-electron chi connectivity index (χ0n) is 11.2. The van der Waals surface area contributed by atoms with Gasteiger partial charge in [-0.1, -0.05) is 54.6 Å². The van der Waals surface area contributed by atoms with E-state index in [0.717, 1.165) is 16.8 Å². The van der Waals surface area contributed by atoms with Crippen LogP contribution in [0, 0.1) is 6.92 Å². The zero-order valence-corrected chi connectivity index (χ0v) is 11.2. The summed E-state index contributed by atoms with van der Waals surface area (Å²) in [6, 6.07) is 19.8. The standard InChI is InChI=1S/C17H15N3/c1-12-7-5-6-10-14(12)15-11-16(18)20-17(19-15)13-8-3-2-4-9-13/h2-11H,1H3,(H2,18,19,20). The summed E-state index contributed by atoms with van der Waals surface area (Å²) in [6.45, 7) is 2.07. The Morgan fingerprint density at radius 2 is 1.55 bits per heavy atom. The third-order valence-electron chi connectivity index (χ3n) is 3.20. The minimum absolute atomic E-state index is 0.483. The molecule has 0 saturated carbocycles. The van der Waals surface area contributed by atoms with Crippen molar-refractivity contribution in [3.63, 3.8) is 0 Å². The number of nitrogens with zero attached hydrogens (tertiary/aromatic N) is 2. The monoisotopic (exact) mass is 261 g/mol. The van der Waals surface area contributed by atoms with E-state index in [1.165, 1.54) is 5.56 Å². The van der Waals surface area contributed by atoms with Gasteiger partial charge in [-0.05, 0) is 12.5 Å². The first-order chi connectivity index (χ1) is 9.74. The van der Waals surface area contributed by atoms with Gasteiger partial charge in [0.15, 0.2) is 5.82 Å². The number of aromatic nitrogens is 2. The summed E-state index contributed by atoms with van der Waals surface area (Å²) in [5.74, 6) is 1.14. The summed E-state index contributed by atoms with van der Waals surface area (Å²) in [5.41, 5.74) is 10.0. The third kappa shape index (κ3) is 2.38. The van der Waals surface area contributed by atoms with E-state index in [0.29, 0.717) is 11.6 Å². The van der Waals surface area contributed by atoms with Crippen molar-refractivity contribution in [2.24, 2.45) is 0 Å². The zero-order chi connectivity index (χ0) is 13.9. The van der Waals surface area contributed by atoms with Gasteiger partial charge in [0.1, 0.15) is 5.82 Å². The molecule has 0 radical (unpaired) electrons. The lowest BCUT2D eigenvalue weighted by molar-refractivity contribution is 1.18. The van der Waals surface area contributed by atoms with E-state index in [2.05, 4.69) is 23.0 Å². The number of nitrogen functional groups attached to an aromatic ring is 1. The minimum Gasteiger partial charge on any atom is -0.384 e. The molecule has 0 atom stereocenters. The van der Waals surface area contributed by atoms with Gasteiger partial charge >= 0.3 is 0 Å². The Labute approximate surface area is 118 Å². The minimum atomic E-state index is 0.483. The Kier molecular flexibility index (Phi) is 3.17. The molecule has 0 aliphatic carbocycles. The molecule has 20 heavy (non-hydrogen) atoms. The Morgan fingerprint density at radius 3 is 2.30 bits per heavy atom. The molecule has 0 spiro atoms. The third-order valence-corrected chi connectivity index (χ3v) is 3.20. The van der Waals surface area contributed by atoms with Crippen LogP contribution in [0.3, 0.4) is 0 Å². The molecule has 98 valence electrons. The van der Waals surface area contributed by atoms with Crippen molar-refractivity contribution in [1.82, 2.24) is 9.97 Å². The highest BCUT2D eigenvalue weighted by Crippen LogP contribution is 2.25. The van der Waals surface area contributed by atoms with Gasteiger partial charge in [0, 0.05) is 17.2 Å². The fourth-order valence-corrected chi connectivity index (χ4v) is 2.18. The summed E-state index contributed by atoms with van der Waals surface area (Å²) in [5, 5.41) is 0. The van der Waals surface area contributed by atoms with E-state index in [-0.39, 0.29) is 0 Å². The molecule has 0 fully saturated rings. The van der Waals surface area contributed by atoms with Crippen molar-refractivity contribution in [3.8, 4) is 22.6 Å². The predicted molar refractivity (Wildman–Crippen MR) is 82.1 cm³/mol. The molecule has 3 rings (SSSR count). The molecule has 3 heteroatoms. The lowest BCUT2D eigenvalue weighted by atomic mass is 10.1. The van der Waals surface area contributed by atoms with Crippen LogP contribution in [0.4, 0.5) is 5.82 Å². The van der Waals surface area contributed by atoms with E-state index >= 15 is 0 Å². The molecule has 3 aromatic rings. The molecule has 0 aliphatic rings. The molecule has 0 saturated heterocycles. The Balaban J connectivity index is 2.15. The van der Waals surface area contributed by atoms with E-state index < -0.39 is 0 Å². The van der Waals surface area contributed by atoms with Crippen molar-refractivity contribution in [2.45, 2.75) is 6.92 Å². The van der Waals surface area contributed by atoms with Crippen molar-refractivity contribution in [3.05, 3.63) is 66.2 Å². The van der Waals surface area contributed by atoms with Gasteiger partial charge < -0.3 is 5.73 Å². The molecular formula is C17H15N3. The number of hydrogen-bond acceptors (Lipinski definition) is 3. The van der Waals surface area contributed by atoms with E-state index in [1.807, 2.05) is 54.6 Å². The molecule has 3 nitrogen and oxygen atoms in total. The second-order valence-electron chi connectivity index (χ2n) is 4.68. The Bertz CT molecular complexity index is 736. The maximum absolute atomic E-state index is 5.93. The SMILES string of the molecule is Cc1ccccc1-c1cc(N)nc(-c2ccccc2)n1. The number of hydrogen-bond donors (Lipinski definition) is 1. The van der Waals surface area contributed by atoms with Crippen LogP contribution in [0.2, 0.25) is 0 Å². The Hall–Kier alpha value is -2.68. The number of benzene rings is 2. The summed E-state index contributed by atoms with van der Waals surface area (Å²) >= 11 is 0. The maximum Gasteiger partial charge on any atom is 0.162 e.